The molecule has 2 aromatic carbocycles. The Hall–Kier alpha value is -4.43. The third-order valence-electron chi connectivity index (χ3n) is 7.70. The molecule has 0 aliphatic carbocycles. The summed E-state index contributed by atoms with van der Waals surface area (Å²) in [6.45, 7) is 8.80. The van der Waals surface area contributed by atoms with Crippen LogP contribution < -0.4 is 24.8 Å². The highest BCUT2D eigenvalue weighted by molar-refractivity contribution is 7.91. The largest absolute Gasteiger partial charge is 0.493 e. The van der Waals surface area contributed by atoms with Crippen LogP contribution in [0, 0.1) is 0 Å². The SMILES string of the molecule is COc1cc2c(Oc3cccc(NC(=O)Nc4cc(C(C)(C)C)on4)c3)ncnc2cc1OCCCN1CCC(S(C)(=O)=O)CC1. The number of anilines is 2. The first-order valence-electron chi connectivity index (χ1n) is 15.1. The Morgan fingerprint density at radius 3 is 2.54 bits per heavy atom. The minimum Gasteiger partial charge on any atom is -0.493 e. The van der Waals surface area contributed by atoms with E-state index in [1.165, 1.54) is 12.6 Å². The van der Waals surface area contributed by atoms with Crippen LogP contribution in [0.1, 0.15) is 45.8 Å². The van der Waals surface area contributed by atoms with E-state index in [1.807, 2.05) is 20.8 Å². The number of nitrogens with zero attached hydrogens (tertiary/aromatic N) is 4. The molecule has 1 aliphatic rings. The Balaban J connectivity index is 1.19. The van der Waals surface area contributed by atoms with Crippen LogP contribution in [-0.2, 0) is 15.3 Å². The van der Waals surface area contributed by atoms with Gasteiger partial charge in [-0.3, -0.25) is 5.32 Å². The van der Waals surface area contributed by atoms with Crippen LogP contribution in [0.5, 0.6) is 23.1 Å². The van der Waals surface area contributed by atoms with E-state index in [0.717, 1.165) is 26.1 Å². The Morgan fingerprint density at radius 1 is 1.07 bits per heavy atom. The minimum absolute atomic E-state index is 0.234. The average Bonchev–Trinajstić information content (AvgIpc) is 3.48. The lowest BCUT2D eigenvalue weighted by molar-refractivity contribution is 0.204. The highest BCUT2D eigenvalue weighted by atomic mass is 32.2. The van der Waals surface area contributed by atoms with Crippen molar-refractivity contribution in [3.63, 3.8) is 0 Å². The second-order valence-corrected chi connectivity index (χ2v) is 14.6. The summed E-state index contributed by atoms with van der Waals surface area (Å²) in [6.07, 6.45) is 4.84. The second-order valence-electron chi connectivity index (χ2n) is 12.3. The monoisotopic (exact) mass is 652 g/mol. The first-order chi connectivity index (χ1) is 21.9. The van der Waals surface area contributed by atoms with Gasteiger partial charge in [0.05, 0.1) is 29.9 Å². The second kappa shape index (κ2) is 13.9. The maximum absolute atomic E-state index is 12.6. The standard InChI is InChI=1S/C32H40N6O7S/c1-32(2,3)28-19-29(37-45-28)36-31(39)35-21-8-6-9-22(16-21)44-30-24-17-26(42-4)27(18-25(24)33-20-34-30)43-15-7-12-38-13-10-23(11-14-38)46(5,40)41/h6,8-9,16-20,23H,7,10-15H2,1-5H3,(H2,35,36,37,39). The van der Waals surface area contributed by atoms with E-state index in [1.54, 1.807) is 49.6 Å². The van der Waals surface area contributed by atoms with Crippen molar-refractivity contribution in [2.24, 2.45) is 0 Å². The number of hydrogen-bond acceptors (Lipinski definition) is 11. The summed E-state index contributed by atoms with van der Waals surface area (Å²) in [4.78, 5) is 23.6. The molecule has 4 aromatic rings. The molecule has 13 nitrogen and oxygen atoms in total. The number of sulfone groups is 1. The van der Waals surface area contributed by atoms with Crippen molar-refractivity contribution in [2.75, 3.05) is 50.2 Å². The molecule has 246 valence electrons. The fourth-order valence-corrected chi connectivity index (χ4v) is 6.21. The van der Waals surface area contributed by atoms with Crippen molar-refractivity contribution in [1.29, 1.82) is 0 Å². The lowest BCUT2D eigenvalue weighted by Gasteiger charge is -2.30. The number of amides is 2. The molecule has 5 rings (SSSR count). The zero-order chi connectivity index (χ0) is 32.9. The fraction of sp³-hybridized carbons (Fsp3) is 0.438. The number of ether oxygens (including phenoxy) is 3. The number of piperidine rings is 1. The highest BCUT2D eigenvalue weighted by Crippen LogP contribution is 2.36. The first kappa shape index (κ1) is 32.9. The van der Waals surface area contributed by atoms with E-state index in [4.69, 9.17) is 18.7 Å². The molecule has 46 heavy (non-hydrogen) atoms. The number of likely N-dealkylation sites (tertiary alicyclic amines) is 1. The molecule has 3 heterocycles. The Bertz CT molecular complexity index is 1780. The quantitative estimate of drug-likeness (QED) is 0.193. The van der Waals surface area contributed by atoms with Gasteiger partial charge in [-0.2, -0.15) is 0 Å². The van der Waals surface area contributed by atoms with Crippen LogP contribution in [0.3, 0.4) is 0 Å². The van der Waals surface area contributed by atoms with Gasteiger partial charge in [-0.25, -0.2) is 23.2 Å². The number of carbonyl (C=O) groups excluding carboxylic acids is 1. The zero-order valence-electron chi connectivity index (χ0n) is 26.7. The van der Waals surface area contributed by atoms with Crippen LogP contribution in [0.25, 0.3) is 10.9 Å². The Labute approximate surface area is 268 Å². The van der Waals surface area contributed by atoms with E-state index in [9.17, 15) is 13.2 Å². The van der Waals surface area contributed by atoms with Gasteiger partial charge in [-0.15, -0.1) is 0 Å². The van der Waals surface area contributed by atoms with E-state index in [2.05, 4.69) is 30.7 Å². The molecule has 1 fully saturated rings. The summed E-state index contributed by atoms with van der Waals surface area (Å²) in [7, 11) is -1.42. The molecule has 2 aromatic heterocycles. The Morgan fingerprint density at radius 2 is 1.85 bits per heavy atom. The number of aromatic nitrogens is 3. The molecule has 0 atom stereocenters. The van der Waals surface area contributed by atoms with Crippen molar-refractivity contribution in [3.8, 4) is 23.1 Å². The van der Waals surface area contributed by atoms with Gasteiger partial charge in [0.2, 0.25) is 5.88 Å². The van der Waals surface area contributed by atoms with Crippen molar-refractivity contribution in [1.82, 2.24) is 20.0 Å². The van der Waals surface area contributed by atoms with Crippen molar-refractivity contribution < 1.29 is 31.9 Å². The number of methoxy groups -OCH3 is 1. The van der Waals surface area contributed by atoms with Gasteiger partial charge in [0.25, 0.3) is 0 Å². The molecular formula is C32H40N6O7S. The maximum atomic E-state index is 12.6. The third-order valence-corrected chi connectivity index (χ3v) is 9.38. The molecular weight excluding hydrogens is 612 g/mol. The van der Waals surface area contributed by atoms with Crippen LogP contribution in [0.15, 0.2) is 53.3 Å². The summed E-state index contributed by atoms with van der Waals surface area (Å²) in [6, 6.07) is 11.7. The van der Waals surface area contributed by atoms with Crippen LogP contribution in [0.2, 0.25) is 0 Å². The van der Waals surface area contributed by atoms with Gasteiger partial charge < -0.3 is 29.0 Å². The minimum atomic E-state index is -2.98. The lowest BCUT2D eigenvalue weighted by atomic mass is 9.93. The molecule has 1 saturated heterocycles. The number of benzene rings is 2. The number of fused-ring (bicyclic) bond motifs is 1. The third kappa shape index (κ3) is 8.43. The van der Waals surface area contributed by atoms with Crippen LogP contribution in [0.4, 0.5) is 16.3 Å². The number of hydrogen-bond donors (Lipinski definition) is 2. The van der Waals surface area contributed by atoms with E-state index < -0.39 is 15.9 Å². The zero-order valence-corrected chi connectivity index (χ0v) is 27.5. The molecule has 0 bridgehead atoms. The van der Waals surface area contributed by atoms with Gasteiger partial charge in [-0.1, -0.05) is 32.0 Å². The molecule has 0 spiro atoms. The lowest BCUT2D eigenvalue weighted by Crippen LogP contribution is -2.39. The summed E-state index contributed by atoms with van der Waals surface area (Å²) in [5.41, 5.74) is 0.877. The molecule has 0 saturated carbocycles. The molecule has 0 unspecified atom stereocenters. The molecule has 2 N–H and O–H groups in total. The smallest absolute Gasteiger partial charge is 0.324 e. The number of urea groups is 1. The van der Waals surface area contributed by atoms with E-state index in [0.29, 0.717) is 70.7 Å². The van der Waals surface area contributed by atoms with E-state index in [-0.39, 0.29) is 10.7 Å². The average molecular weight is 653 g/mol. The number of rotatable bonds is 11. The molecule has 2 amide bonds. The Kier molecular flexibility index (Phi) is 9.97. The van der Waals surface area contributed by atoms with Gasteiger partial charge in [0.1, 0.15) is 27.7 Å². The van der Waals surface area contributed by atoms with Crippen LogP contribution >= 0.6 is 0 Å². The molecule has 1 aliphatic heterocycles. The highest BCUT2D eigenvalue weighted by Gasteiger charge is 2.26. The number of nitrogens with one attached hydrogen (secondary N) is 2. The number of carbonyl (C=O) groups is 1. The van der Waals surface area contributed by atoms with Crippen molar-refractivity contribution >= 4 is 38.3 Å². The van der Waals surface area contributed by atoms with Gasteiger partial charge >= 0.3 is 6.03 Å². The summed E-state index contributed by atoms with van der Waals surface area (Å²) >= 11 is 0. The van der Waals surface area contributed by atoms with E-state index >= 15 is 0 Å². The van der Waals surface area contributed by atoms with Crippen LogP contribution in [-0.4, -0.2) is 79.3 Å². The predicted octanol–water partition coefficient (Wildman–Crippen LogP) is 5.64. The van der Waals surface area contributed by atoms with Crippen molar-refractivity contribution in [2.45, 2.75) is 50.7 Å². The van der Waals surface area contributed by atoms with Gasteiger partial charge in [-0.05, 0) is 50.6 Å². The van der Waals surface area contributed by atoms with Gasteiger partial charge in [0, 0.05) is 42.1 Å². The summed E-state index contributed by atoms with van der Waals surface area (Å²) in [5, 5.41) is 9.74. The summed E-state index contributed by atoms with van der Waals surface area (Å²) in [5.74, 6) is 2.79. The van der Waals surface area contributed by atoms with Gasteiger partial charge in [0.15, 0.2) is 17.3 Å². The molecule has 0 radical (unpaired) electrons. The topological polar surface area (TPSA) is 158 Å². The maximum Gasteiger partial charge on any atom is 0.324 e. The van der Waals surface area contributed by atoms with Crippen molar-refractivity contribution in [3.05, 3.63) is 54.6 Å². The normalized spacial score (nSPS) is 14.6. The fourth-order valence-electron chi connectivity index (χ4n) is 5.14. The summed E-state index contributed by atoms with van der Waals surface area (Å²) < 4.78 is 46.7. The predicted molar refractivity (Wildman–Crippen MR) is 175 cm³/mol. The molecule has 14 heteroatoms. The first-order valence-corrected chi connectivity index (χ1v) is 17.0.